The molecular formula is C15H16ClF2NS. The van der Waals surface area contributed by atoms with E-state index >= 15 is 0 Å². The van der Waals surface area contributed by atoms with Gasteiger partial charge in [-0.05, 0) is 43.7 Å². The Kier molecular flexibility index (Phi) is 4.78. The Labute approximate surface area is 126 Å². The van der Waals surface area contributed by atoms with Gasteiger partial charge in [0, 0.05) is 10.4 Å². The van der Waals surface area contributed by atoms with E-state index in [1.165, 1.54) is 23.5 Å². The summed E-state index contributed by atoms with van der Waals surface area (Å²) in [5.74, 6) is -1.04. The Bertz CT molecular complexity index is 605. The first kappa shape index (κ1) is 15.4. The molecule has 0 radical (unpaired) electrons. The van der Waals surface area contributed by atoms with Crippen LogP contribution in [0.25, 0.3) is 0 Å². The number of aryl methyl sites for hydroxylation is 2. The van der Waals surface area contributed by atoms with Crippen molar-refractivity contribution in [3.63, 3.8) is 0 Å². The smallest absolute Gasteiger partial charge is 0.134 e. The van der Waals surface area contributed by atoms with Crippen LogP contribution in [0, 0.1) is 25.5 Å². The lowest BCUT2D eigenvalue weighted by molar-refractivity contribution is 0.509. The van der Waals surface area contributed by atoms with Crippen LogP contribution < -0.4 is 5.32 Å². The van der Waals surface area contributed by atoms with Gasteiger partial charge < -0.3 is 5.32 Å². The van der Waals surface area contributed by atoms with Crippen molar-refractivity contribution in [1.29, 1.82) is 0 Å². The maximum absolute atomic E-state index is 14.3. The third-order valence-electron chi connectivity index (χ3n) is 3.18. The van der Waals surface area contributed by atoms with Crippen molar-refractivity contribution in [2.24, 2.45) is 0 Å². The largest absolute Gasteiger partial charge is 0.306 e. The molecule has 0 saturated heterocycles. The molecule has 1 N–H and O–H groups in total. The topological polar surface area (TPSA) is 12.0 Å². The van der Waals surface area contributed by atoms with E-state index in [1.807, 2.05) is 19.9 Å². The number of halogens is 3. The molecule has 2 aromatic rings. The molecule has 1 aromatic carbocycles. The molecule has 108 valence electrons. The summed E-state index contributed by atoms with van der Waals surface area (Å²) in [7, 11) is 0. The van der Waals surface area contributed by atoms with Crippen LogP contribution in [-0.4, -0.2) is 6.54 Å². The predicted molar refractivity (Wildman–Crippen MR) is 80.7 cm³/mol. The summed E-state index contributed by atoms with van der Waals surface area (Å²) in [6.45, 7) is 6.02. The van der Waals surface area contributed by atoms with E-state index in [9.17, 15) is 8.78 Å². The van der Waals surface area contributed by atoms with Crippen molar-refractivity contribution < 1.29 is 8.78 Å². The van der Waals surface area contributed by atoms with Gasteiger partial charge in [-0.25, -0.2) is 8.78 Å². The van der Waals surface area contributed by atoms with Gasteiger partial charge in [-0.1, -0.05) is 24.6 Å². The Hall–Kier alpha value is -0.970. The lowest BCUT2D eigenvalue weighted by atomic mass is 10.0. The molecule has 1 unspecified atom stereocenters. The van der Waals surface area contributed by atoms with Gasteiger partial charge in [0.25, 0.3) is 0 Å². The maximum Gasteiger partial charge on any atom is 0.134 e. The van der Waals surface area contributed by atoms with Crippen molar-refractivity contribution >= 4 is 22.9 Å². The van der Waals surface area contributed by atoms with E-state index in [1.54, 1.807) is 6.92 Å². The third-order valence-corrected chi connectivity index (χ3v) is 4.80. The number of nitrogens with one attached hydrogen (secondary N) is 1. The second kappa shape index (κ2) is 6.20. The quantitative estimate of drug-likeness (QED) is 0.837. The second-order valence-corrected chi connectivity index (χ2v) is 6.37. The number of benzene rings is 1. The first-order valence-corrected chi connectivity index (χ1v) is 7.58. The molecule has 0 aliphatic carbocycles. The lowest BCUT2D eigenvalue weighted by Crippen LogP contribution is -2.23. The Balaban J connectivity index is 2.57. The Morgan fingerprint density at radius 1 is 1.25 bits per heavy atom. The summed E-state index contributed by atoms with van der Waals surface area (Å²) >= 11 is 7.43. The number of rotatable bonds is 4. The summed E-state index contributed by atoms with van der Waals surface area (Å²) in [5.41, 5.74) is 1.41. The second-order valence-electron chi connectivity index (χ2n) is 4.69. The van der Waals surface area contributed by atoms with E-state index < -0.39 is 17.7 Å². The zero-order valence-electron chi connectivity index (χ0n) is 11.6. The van der Waals surface area contributed by atoms with Gasteiger partial charge in [0.05, 0.1) is 10.4 Å². The van der Waals surface area contributed by atoms with E-state index in [4.69, 9.17) is 11.6 Å². The minimum atomic E-state index is -0.541. The van der Waals surface area contributed by atoms with Gasteiger partial charge in [-0.2, -0.15) is 0 Å². The fraction of sp³-hybridized carbons (Fsp3) is 0.333. The molecule has 0 aliphatic rings. The summed E-state index contributed by atoms with van der Waals surface area (Å²) < 4.78 is 29.1. The molecule has 1 nitrogen and oxygen atoms in total. The minimum Gasteiger partial charge on any atom is -0.306 e. The number of hydrogen-bond acceptors (Lipinski definition) is 2. The normalized spacial score (nSPS) is 12.7. The molecule has 0 aliphatic heterocycles. The van der Waals surface area contributed by atoms with Gasteiger partial charge in [0.15, 0.2) is 0 Å². The summed E-state index contributed by atoms with van der Waals surface area (Å²) in [6.07, 6.45) is 0. The van der Waals surface area contributed by atoms with Crippen LogP contribution in [0.4, 0.5) is 8.78 Å². The monoisotopic (exact) mass is 315 g/mol. The molecule has 1 atom stereocenters. The van der Waals surface area contributed by atoms with Crippen molar-refractivity contribution in [3.05, 3.63) is 55.7 Å². The van der Waals surface area contributed by atoms with Crippen LogP contribution >= 0.6 is 22.9 Å². The number of hydrogen-bond donors (Lipinski definition) is 1. The highest BCUT2D eigenvalue weighted by molar-refractivity contribution is 7.16. The van der Waals surface area contributed by atoms with Crippen LogP contribution in [-0.2, 0) is 0 Å². The zero-order chi connectivity index (χ0) is 14.9. The fourth-order valence-electron chi connectivity index (χ4n) is 2.12. The van der Waals surface area contributed by atoms with Crippen LogP contribution in [0.1, 0.15) is 34.5 Å². The molecule has 0 spiro atoms. The minimum absolute atomic E-state index is 0.0600. The lowest BCUT2D eigenvalue weighted by Gasteiger charge is -2.19. The number of thiophene rings is 1. The average Bonchev–Trinajstić information content (AvgIpc) is 2.73. The van der Waals surface area contributed by atoms with Crippen LogP contribution in [0.15, 0.2) is 18.2 Å². The molecule has 0 bridgehead atoms. The first-order valence-electron chi connectivity index (χ1n) is 6.39. The highest BCUT2D eigenvalue weighted by Gasteiger charge is 2.24. The molecule has 0 fully saturated rings. The Morgan fingerprint density at radius 3 is 2.50 bits per heavy atom. The molecule has 0 amide bonds. The standard InChI is InChI=1S/C15H16ClF2NS/c1-4-19-14(11-7-9(3)15(16)20-11)12-10(17)6-5-8(2)13(12)18/h5-7,14,19H,4H2,1-3H3. The molecule has 5 heteroatoms. The highest BCUT2D eigenvalue weighted by Crippen LogP contribution is 2.36. The molecule has 0 saturated carbocycles. The van der Waals surface area contributed by atoms with E-state index in [-0.39, 0.29) is 5.56 Å². The summed E-state index contributed by atoms with van der Waals surface area (Å²) in [5, 5.41) is 3.14. The summed E-state index contributed by atoms with van der Waals surface area (Å²) in [6, 6.07) is 4.11. The van der Waals surface area contributed by atoms with Crippen molar-refractivity contribution in [2.45, 2.75) is 26.8 Å². The first-order chi connectivity index (χ1) is 9.45. The zero-order valence-corrected chi connectivity index (χ0v) is 13.1. The molecule has 1 aromatic heterocycles. The van der Waals surface area contributed by atoms with E-state index in [0.717, 1.165) is 10.4 Å². The Morgan fingerprint density at radius 2 is 1.95 bits per heavy atom. The third kappa shape index (κ3) is 2.87. The van der Waals surface area contributed by atoms with Crippen molar-refractivity contribution in [2.75, 3.05) is 6.54 Å². The van der Waals surface area contributed by atoms with Crippen LogP contribution in [0.2, 0.25) is 4.34 Å². The van der Waals surface area contributed by atoms with E-state index in [0.29, 0.717) is 16.4 Å². The molecule has 1 heterocycles. The van der Waals surface area contributed by atoms with Crippen molar-refractivity contribution in [3.8, 4) is 0 Å². The SMILES string of the molecule is CCNC(c1cc(C)c(Cl)s1)c1c(F)ccc(C)c1F. The highest BCUT2D eigenvalue weighted by atomic mass is 35.5. The predicted octanol–water partition coefficient (Wildman–Crippen LogP) is 5.00. The van der Waals surface area contributed by atoms with Crippen molar-refractivity contribution in [1.82, 2.24) is 5.32 Å². The average molecular weight is 316 g/mol. The van der Waals surface area contributed by atoms with Gasteiger partial charge in [-0.15, -0.1) is 11.3 Å². The molecular weight excluding hydrogens is 300 g/mol. The molecule has 2 rings (SSSR count). The van der Waals surface area contributed by atoms with Gasteiger partial charge >= 0.3 is 0 Å². The maximum atomic E-state index is 14.3. The fourth-order valence-corrected chi connectivity index (χ4v) is 3.42. The molecule has 20 heavy (non-hydrogen) atoms. The van der Waals surface area contributed by atoms with Gasteiger partial charge in [-0.3, -0.25) is 0 Å². The van der Waals surface area contributed by atoms with Gasteiger partial charge in [0.1, 0.15) is 11.6 Å². The van der Waals surface area contributed by atoms with Crippen LogP contribution in [0.3, 0.4) is 0 Å². The van der Waals surface area contributed by atoms with Gasteiger partial charge in [0.2, 0.25) is 0 Å². The van der Waals surface area contributed by atoms with E-state index in [2.05, 4.69) is 5.32 Å². The summed E-state index contributed by atoms with van der Waals surface area (Å²) in [4.78, 5) is 0.817. The van der Waals surface area contributed by atoms with Crippen LogP contribution in [0.5, 0.6) is 0 Å².